The van der Waals surface area contributed by atoms with Crippen LogP contribution in [0.1, 0.15) is 26.7 Å². The van der Waals surface area contributed by atoms with Crippen molar-refractivity contribution in [2.24, 2.45) is 0 Å². The molecule has 4 heteroatoms. The van der Waals surface area contributed by atoms with E-state index >= 15 is 0 Å². The second kappa shape index (κ2) is 5.92. The summed E-state index contributed by atoms with van der Waals surface area (Å²) >= 11 is 0. The summed E-state index contributed by atoms with van der Waals surface area (Å²) < 4.78 is 11.3. The zero-order chi connectivity index (χ0) is 13.9. The molecule has 1 aromatic rings. The Balaban J connectivity index is 1.79. The van der Waals surface area contributed by atoms with E-state index in [1.54, 1.807) is 0 Å². The molecule has 1 saturated heterocycles. The Morgan fingerprint density at radius 3 is 2.85 bits per heavy atom. The van der Waals surface area contributed by atoms with E-state index in [2.05, 4.69) is 36.2 Å². The molecule has 2 aliphatic heterocycles. The van der Waals surface area contributed by atoms with Crippen molar-refractivity contribution < 1.29 is 9.47 Å². The van der Waals surface area contributed by atoms with Gasteiger partial charge in [0.2, 0.25) is 0 Å². The van der Waals surface area contributed by atoms with Crippen LogP contribution < -0.4 is 19.7 Å². The average molecular weight is 276 g/mol. The summed E-state index contributed by atoms with van der Waals surface area (Å²) in [6.45, 7) is 7.91. The van der Waals surface area contributed by atoms with E-state index in [-0.39, 0.29) is 0 Å². The van der Waals surface area contributed by atoms with E-state index in [1.807, 2.05) is 6.07 Å². The van der Waals surface area contributed by atoms with Crippen molar-refractivity contribution in [1.82, 2.24) is 5.32 Å². The first-order valence-electron chi connectivity index (χ1n) is 7.67. The lowest BCUT2D eigenvalue weighted by Crippen LogP contribution is -2.55. The molecule has 1 fully saturated rings. The number of anilines is 1. The maximum absolute atomic E-state index is 5.70. The second-order valence-corrected chi connectivity index (χ2v) is 5.72. The molecule has 0 aromatic heterocycles. The lowest BCUT2D eigenvalue weighted by Gasteiger charge is -2.40. The maximum atomic E-state index is 5.70. The fourth-order valence-corrected chi connectivity index (χ4v) is 3.04. The fourth-order valence-electron chi connectivity index (χ4n) is 3.04. The van der Waals surface area contributed by atoms with Gasteiger partial charge in [-0.05, 0) is 25.5 Å². The van der Waals surface area contributed by atoms with Gasteiger partial charge in [0.1, 0.15) is 13.2 Å². The Morgan fingerprint density at radius 1 is 1.25 bits per heavy atom. The lowest BCUT2D eigenvalue weighted by molar-refractivity contribution is 0.171. The molecule has 0 aliphatic carbocycles. The van der Waals surface area contributed by atoms with E-state index < -0.39 is 0 Å². The zero-order valence-corrected chi connectivity index (χ0v) is 12.4. The van der Waals surface area contributed by atoms with Gasteiger partial charge in [0.15, 0.2) is 11.5 Å². The second-order valence-electron chi connectivity index (χ2n) is 5.72. The Morgan fingerprint density at radius 2 is 2.05 bits per heavy atom. The smallest absolute Gasteiger partial charge is 0.163 e. The number of ether oxygens (including phenoxy) is 2. The van der Waals surface area contributed by atoms with Gasteiger partial charge >= 0.3 is 0 Å². The van der Waals surface area contributed by atoms with Gasteiger partial charge in [-0.2, -0.15) is 0 Å². The molecule has 4 nitrogen and oxygen atoms in total. The lowest BCUT2D eigenvalue weighted by atomic mass is 10.0. The van der Waals surface area contributed by atoms with Crippen molar-refractivity contribution in [3.63, 3.8) is 0 Å². The van der Waals surface area contributed by atoms with Crippen LogP contribution in [0.15, 0.2) is 18.2 Å². The molecule has 2 atom stereocenters. The first-order chi connectivity index (χ1) is 9.78. The van der Waals surface area contributed by atoms with Crippen molar-refractivity contribution in [2.75, 3.05) is 31.2 Å². The van der Waals surface area contributed by atoms with Crippen LogP contribution in [0, 0.1) is 0 Å². The molecule has 1 N–H and O–H groups in total. The predicted octanol–water partition coefficient (Wildman–Crippen LogP) is 2.42. The minimum absolute atomic E-state index is 0.505. The Hall–Kier alpha value is -1.42. The molecule has 2 heterocycles. The summed E-state index contributed by atoms with van der Waals surface area (Å²) in [5.41, 5.74) is 1.24. The first kappa shape index (κ1) is 13.6. The summed E-state index contributed by atoms with van der Waals surface area (Å²) in [7, 11) is 0. The van der Waals surface area contributed by atoms with Gasteiger partial charge in [-0.15, -0.1) is 0 Å². The topological polar surface area (TPSA) is 33.7 Å². The Bertz CT molecular complexity index is 464. The first-order valence-corrected chi connectivity index (χ1v) is 7.67. The number of fused-ring (bicyclic) bond motifs is 1. The zero-order valence-electron chi connectivity index (χ0n) is 12.4. The fraction of sp³-hybridized carbons (Fsp3) is 0.625. The molecule has 2 aliphatic rings. The number of rotatable bonds is 3. The van der Waals surface area contributed by atoms with E-state index in [0.717, 1.165) is 24.6 Å². The molecule has 0 radical (unpaired) electrons. The number of nitrogens with one attached hydrogen (secondary N) is 1. The summed E-state index contributed by atoms with van der Waals surface area (Å²) in [6.07, 6.45) is 2.45. The highest BCUT2D eigenvalue weighted by Crippen LogP contribution is 2.35. The monoisotopic (exact) mass is 276 g/mol. The molecule has 0 spiro atoms. The predicted molar refractivity (Wildman–Crippen MR) is 80.9 cm³/mol. The third kappa shape index (κ3) is 2.70. The highest BCUT2D eigenvalue weighted by atomic mass is 16.6. The molecule has 20 heavy (non-hydrogen) atoms. The molecule has 2 unspecified atom stereocenters. The van der Waals surface area contributed by atoms with Gasteiger partial charge in [-0.25, -0.2) is 0 Å². The summed E-state index contributed by atoms with van der Waals surface area (Å²) in [5.74, 6) is 1.75. The van der Waals surface area contributed by atoms with Crippen molar-refractivity contribution in [3.8, 4) is 11.5 Å². The standard InChI is InChI=1S/C16H24N2O2/c1-3-4-13-11-18(12(2)10-17-13)14-5-6-15-16(9-14)20-8-7-19-15/h5-6,9,12-13,17H,3-4,7-8,10-11H2,1-2H3. The molecular formula is C16H24N2O2. The number of nitrogens with zero attached hydrogens (tertiary/aromatic N) is 1. The van der Waals surface area contributed by atoms with Gasteiger partial charge in [0, 0.05) is 36.9 Å². The minimum Gasteiger partial charge on any atom is -0.486 e. The van der Waals surface area contributed by atoms with Crippen LogP contribution in [0.25, 0.3) is 0 Å². The van der Waals surface area contributed by atoms with Crippen molar-refractivity contribution in [3.05, 3.63) is 18.2 Å². The van der Waals surface area contributed by atoms with Crippen LogP contribution in [0.5, 0.6) is 11.5 Å². The molecule has 0 saturated carbocycles. The van der Waals surface area contributed by atoms with Crippen LogP contribution in [0.2, 0.25) is 0 Å². The molecule has 3 rings (SSSR count). The quantitative estimate of drug-likeness (QED) is 0.919. The summed E-state index contributed by atoms with van der Waals surface area (Å²) in [4.78, 5) is 2.48. The minimum atomic E-state index is 0.505. The van der Waals surface area contributed by atoms with Gasteiger partial charge in [0.25, 0.3) is 0 Å². The number of benzene rings is 1. The third-order valence-electron chi connectivity index (χ3n) is 4.15. The molecule has 110 valence electrons. The van der Waals surface area contributed by atoms with E-state index in [9.17, 15) is 0 Å². The number of hydrogen-bond acceptors (Lipinski definition) is 4. The average Bonchev–Trinajstić information content (AvgIpc) is 2.49. The van der Waals surface area contributed by atoms with E-state index in [4.69, 9.17) is 9.47 Å². The Labute approximate surface area is 121 Å². The molecule has 0 bridgehead atoms. The van der Waals surface area contributed by atoms with Gasteiger partial charge in [-0.3, -0.25) is 0 Å². The molecule has 1 aromatic carbocycles. The normalized spacial score (nSPS) is 25.6. The Kier molecular flexibility index (Phi) is 4.01. The highest BCUT2D eigenvalue weighted by Gasteiger charge is 2.25. The number of piperazine rings is 1. The molecule has 0 amide bonds. The highest BCUT2D eigenvalue weighted by molar-refractivity contribution is 5.57. The van der Waals surface area contributed by atoms with Gasteiger partial charge in [-0.1, -0.05) is 13.3 Å². The summed E-state index contributed by atoms with van der Waals surface area (Å²) in [5, 5.41) is 3.63. The van der Waals surface area contributed by atoms with Crippen LogP contribution in [-0.2, 0) is 0 Å². The number of hydrogen-bond donors (Lipinski definition) is 1. The van der Waals surface area contributed by atoms with Crippen LogP contribution in [-0.4, -0.2) is 38.4 Å². The van der Waals surface area contributed by atoms with E-state index in [1.165, 1.54) is 18.5 Å². The largest absolute Gasteiger partial charge is 0.486 e. The van der Waals surface area contributed by atoms with Crippen LogP contribution in [0.4, 0.5) is 5.69 Å². The van der Waals surface area contributed by atoms with Crippen molar-refractivity contribution in [2.45, 2.75) is 38.8 Å². The third-order valence-corrected chi connectivity index (χ3v) is 4.15. The van der Waals surface area contributed by atoms with Crippen molar-refractivity contribution >= 4 is 5.69 Å². The molecular weight excluding hydrogens is 252 g/mol. The maximum Gasteiger partial charge on any atom is 0.163 e. The van der Waals surface area contributed by atoms with Gasteiger partial charge in [0.05, 0.1) is 0 Å². The van der Waals surface area contributed by atoms with Gasteiger partial charge < -0.3 is 19.7 Å². The van der Waals surface area contributed by atoms with Crippen LogP contribution in [0.3, 0.4) is 0 Å². The van der Waals surface area contributed by atoms with E-state index in [0.29, 0.717) is 25.3 Å². The SMILES string of the molecule is CCCC1CN(c2ccc3c(c2)OCCO3)C(C)CN1. The van der Waals surface area contributed by atoms with Crippen molar-refractivity contribution in [1.29, 1.82) is 0 Å². The van der Waals surface area contributed by atoms with Crippen LogP contribution >= 0.6 is 0 Å². The summed E-state index contributed by atoms with van der Waals surface area (Å²) in [6, 6.07) is 7.40.